The summed E-state index contributed by atoms with van der Waals surface area (Å²) in [7, 11) is 0. The van der Waals surface area contributed by atoms with Gasteiger partial charge in [-0.3, -0.25) is 14.9 Å². The molecule has 0 atom stereocenters. The van der Waals surface area contributed by atoms with Crippen LogP contribution >= 0.6 is 15.9 Å². The van der Waals surface area contributed by atoms with Crippen LogP contribution in [0.4, 0.5) is 15.8 Å². The molecule has 0 radical (unpaired) electrons. The van der Waals surface area contributed by atoms with Gasteiger partial charge in [-0.2, -0.15) is 0 Å². The highest BCUT2D eigenvalue weighted by atomic mass is 79.9. The number of nitrogens with one attached hydrogen (secondary N) is 1. The van der Waals surface area contributed by atoms with E-state index in [-0.39, 0.29) is 11.4 Å². The number of aromatic nitrogens is 1. The largest absolute Gasteiger partial charge is 0.315 e. The van der Waals surface area contributed by atoms with Crippen LogP contribution < -0.4 is 5.32 Å². The molecule has 0 fully saturated rings. The number of pyridine rings is 1. The molecule has 0 saturated carbocycles. The molecule has 0 spiro atoms. The van der Waals surface area contributed by atoms with Gasteiger partial charge in [0.15, 0.2) is 0 Å². The molecule has 8 heteroatoms. The van der Waals surface area contributed by atoms with Gasteiger partial charge in [0.2, 0.25) is 0 Å². The van der Waals surface area contributed by atoms with Crippen LogP contribution in [0, 0.1) is 15.9 Å². The van der Waals surface area contributed by atoms with E-state index in [4.69, 9.17) is 0 Å². The summed E-state index contributed by atoms with van der Waals surface area (Å²) in [4.78, 5) is 25.9. The molecule has 6 nitrogen and oxygen atoms in total. The van der Waals surface area contributed by atoms with Gasteiger partial charge in [-0.25, -0.2) is 9.37 Å². The zero-order valence-electron chi connectivity index (χ0n) is 9.84. The Bertz CT molecular complexity index is 693. The molecule has 1 aromatic carbocycles. The van der Waals surface area contributed by atoms with Gasteiger partial charge in [0.25, 0.3) is 11.6 Å². The van der Waals surface area contributed by atoms with Crippen LogP contribution in [0.15, 0.2) is 41.0 Å². The number of carbonyl (C=O) groups is 1. The lowest BCUT2D eigenvalue weighted by molar-refractivity contribution is -0.384. The van der Waals surface area contributed by atoms with Gasteiger partial charge in [-0.05, 0) is 34.1 Å². The van der Waals surface area contributed by atoms with E-state index in [1.54, 1.807) is 12.1 Å². The Labute approximate surface area is 120 Å². The first kappa shape index (κ1) is 14.1. The highest BCUT2D eigenvalue weighted by Gasteiger charge is 2.18. The summed E-state index contributed by atoms with van der Waals surface area (Å²) in [5.74, 6) is -1.35. The van der Waals surface area contributed by atoms with Crippen LogP contribution in [-0.2, 0) is 0 Å². The molecule has 1 amide bonds. The number of hydrogen-bond acceptors (Lipinski definition) is 4. The first-order valence-electron chi connectivity index (χ1n) is 5.35. The van der Waals surface area contributed by atoms with Crippen LogP contribution in [0.1, 0.15) is 10.5 Å². The number of hydrogen-bond donors (Lipinski definition) is 1. The van der Waals surface area contributed by atoms with Crippen molar-refractivity contribution in [3.63, 3.8) is 0 Å². The van der Waals surface area contributed by atoms with Crippen LogP contribution in [0.25, 0.3) is 0 Å². The van der Waals surface area contributed by atoms with Gasteiger partial charge in [0, 0.05) is 12.1 Å². The lowest BCUT2D eigenvalue weighted by Gasteiger charge is -2.06. The van der Waals surface area contributed by atoms with Gasteiger partial charge in [-0.1, -0.05) is 6.07 Å². The molecule has 1 N–H and O–H groups in total. The maximum absolute atomic E-state index is 13.1. The lowest BCUT2D eigenvalue weighted by atomic mass is 10.2. The van der Waals surface area contributed by atoms with Crippen molar-refractivity contribution in [3.05, 3.63) is 62.6 Å². The van der Waals surface area contributed by atoms with E-state index < -0.39 is 22.3 Å². The Hall–Kier alpha value is -2.35. The second kappa shape index (κ2) is 5.74. The topological polar surface area (TPSA) is 85.1 Å². The molecule has 102 valence electrons. The smallest absolute Gasteiger partial charge is 0.292 e. The van der Waals surface area contributed by atoms with Crippen molar-refractivity contribution in [1.82, 2.24) is 4.98 Å². The molecular formula is C12H7BrFN3O3. The molecule has 2 aromatic rings. The number of anilines is 1. The third-order valence-corrected chi connectivity index (χ3v) is 2.79. The van der Waals surface area contributed by atoms with Gasteiger partial charge < -0.3 is 5.32 Å². The number of carbonyl (C=O) groups excluding carboxylic acids is 1. The third-order valence-electron chi connectivity index (χ3n) is 2.35. The standard InChI is InChI=1S/C12H7BrFN3O3/c13-11-3-1-2-8(15-11)12(18)16-9-6-7(14)4-5-10(9)17(19)20/h1-6H,(H,16,18). The predicted octanol–water partition coefficient (Wildman–Crippen LogP) is 3.14. The Morgan fingerprint density at radius 3 is 2.75 bits per heavy atom. The minimum absolute atomic E-state index is 0.0536. The Morgan fingerprint density at radius 1 is 1.35 bits per heavy atom. The summed E-state index contributed by atoms with van der Waals surface area (Å²) >= 11 is 3.11. The average Bonchev–Trinajstić information content (AvgIpc) is 2.38. The Kier molecular flexibility index (Phi) is 4.04. The van der Waals surface area contributed by atoms with Crippen molar-refractivity contribution in [2.75, 3.05) is 5.32 Å². The first-order chi connectivity index (χ1) is 9.47. The molecule has 0 aliphatic heterocycles. The molecule has 0 saturated heterocycles. The second-order valence-corrected chi connectivity index (χ2v) is 4.53. The van der Waals surface area contributed by atoms with Crippen molar-refractivity contribution >= 4 is 33.2 Å². The van der Waals surface area contributed by atoms with Gasteiger partial charge in [0.05, 0.1) is 4.92 Å². The lowest BCUT2D eigenvalue weighted by Crippen LogP contribution is -2.14. The first-order valence-corrected chi connectivity index (χ1v) is 6.14. The fraction of sp³-hybridized carbons (Fsp3) is 0. The zero-order valence-corrected chi connectivity index (χ0v) is 11.4. The summed E-state index contributed by atoms with van der Waals surface area (Å²) < 4.78 is 13.6. The molecule has 0 unspecified atom stereocenters. The predicted molar refractivity (Wildman–Crippen MR) is 72.9 cm³/mol. The van der Waals surface area contributed by atoms with Crippen LogP contribution in [0.5, 0.6) is 0 Å². The summed E-state index contributed by atoms with van der Waals surface area (Å²) in [6.07, 6.45) is 0. The summed E-state index contributed by atoms with van der Waals surface area (Å²) in [5, 5.41) is 13.1. The van der Waals surface area contributed by atoms with Crippen molar-refractivity contribution < 1.29 is 14.1 Å². The van der Waals surface area contributed by atoms with Crippen LogP contribution in [0.2, 0.25) is 0 Å². The van der Waals surface area contributed by atoms with E-state index in [1.807, 2.05) is 0 Å². The van der Waals surface area contributed by atoms with E-state index in [2.05, 4.69) is 26.2 Å². The number of rotatable bonds is 3. The fourth-order valence-corrected chi connectivity index (χ4v) is 1.83. The maximum Gasteiger partial charge on any atom is 0.292 e. The SMILES string of the molecule is O=C(Nc1cc(F)ccc1[N+](=O)[O-])c1cccc(Br)n1. The van der Waals surface area contributed by atoms with Crippen molar-refractivity contribution in [3.8, 4) is 0 Å². The third kappa shape index (κ3) is 3.15. The molecular weight excluding hydrogens is 333 g/mol. The molecule has 0 bridgehead atoms. The minimum Gasteiger partial charge on any atom is -0.315 e. The van der Waals surface area contributed by atoms with Crippen molar-refractivity contribution in [2.24, 2.45) is 0 Å². The van der Waals surface area contributed by atoms with E-state index >= 15 is 0 Å². The molecule has 1 heterocycles. The highest BCUT2D eigenvalue weighted by Crippen LogP contribution is 2.25. The second-order valence-electron chi connectivity index (χ2n) is 3.72. The Morgan fingerprint density at radius 2 is 2.10 bits per heavy atom. The quantitative estimate of drug-likeness (QED) is 0.528. The molecule has 0 aliphatic carbocycles. The summed E-state index contributed by atoms with van der Waals surface area (Å²) in [6, 6.07) is 7.47. The van der Waals surface area contributed by atoms with Gasteiger partial charge >= 0.3 is 0 Å². The number of nitrogens with zero attached hydrogens (tertiary/aromatic N) is 2. The number of benzene rings is 1. The molecule has 1 aromatic heterocycles. The van der Waals surface area contributed by atoms with Crippen molar-refractivity contribution in [1.29, 1.82) is 0 Å². The monoisotopic (exact) mass is 339 g/mol. The molecule has 20 heavy (non-hydrogen) atoms. The Balaban J connectivity index is 2.32. The van der Waals surface area contributed by atoms with E-state index in [0.717, 1.165) is 18.2 Å². The average molecular weight is 340 g/mol. The van der Waals surface area contributed by atoms with Crippen LogP contribution in [-0.4, -0.2) is 15.8 Å². The fourth-order valence-electron chi connectivity index (χ4n) is 1.49. The number of nitro benzene ring substituents is 1. The number of halogens is 2. The summed E-state index contributed by atoms with van der Waals surface area (Å²) in [6.45, 7) is 0. The minimum atomic E-state index is -0.705. The highest BCUT2D eigenvalue weighted by molar-refractivity contribution is 9.10. The molecule has 2 rings (SSSR count). The van der Waals surface area contributed by atoms with E-state index in [1.165, 1.54) is 6.07 Å². The van der Waals surface area contributed by atoms with Crippen molar-refractivity contribution in [2.45, 2.75) is 0 Å². The van der Waals surface area contributed by atoms with E-state index in [9.17, 15) is 19.3 Å². The van der Waals surface area contributed by atoms with Crippen LogP contribution in [0.3, 0.4) is 0 Å². The van der Waals surface area contributed by atoms with Gasteiger partial charge in [-0.15, -0.1) is 0 Å². The maximum atomic E-state index is 13.1. The van der Waals surface area contributed by atoms with Gasteiger partial charge in [0.1, 0.15) is 21.8 Å². The normalized spacial score (nSPS) is 10.1. The number of nitro groups is 1. The summed E-state index contributed by atoms with van der Waals surface area (Å²) in [5.41, 5.74) is -0.561. The molecule has 0 aliphatic rings. The zero-order chi connectivity index (χ0) is 14.7. The number of amides is 1. The van der Waals surface area contributed by atoms with E-state index in [0.29, 0.717) is 4.60 Å².